The van der Waals surface area contributed by atoms with E-state index < -0.39 is 5.54 Å². The van der Waals surface area contributed by atoms with Gasteiger partial charge in [-0.1, -0.05) is 48.3 Å². The second-order valence-corrected chi connectivity index (χ2v) is 6.57. The highest BCUT2D eigenvalue weighted by atomic mass is 16.5. The molecule has 4 rings (SSSR count). The number of nitrogens with two attached hydrogens (primary N) is 1. The van der Waals surface area contributed by atoms with Crippen molar-refractivity contribution in [3.05, 3.63) is 53.6 Å². The van der Waals surface area contributed by atoms with E-state index in [0.29, 0.717) is 18.3 Å². The highest BCUT2D eigenvalue weighted by Gasteiger charge is 2.36. The maximum atomic E-state index is 6.41. The summed E-state index contributed by atoms with van der Waals surface area (Å²) in [6.45, 7) is 2.73. The Balaban J connectivity index is 1.60. The molecular weight excluding hydrogens is 302 g/mol. The van der Waals surface area contributed by atoms with E-state index >= 15 is 0 Å². The van der Waals surface area contributed by atoms with Crippen molar-refractivity contribution in [1.82, 2.24) is 19.9 Å². The maximum Gasteiger partial charge on any atom is 0.261 e. The molecule has 0 spiro atoms. The molecule has 0 aliphatic heterocycles. The van der Waals surface area contributed by atoms with E-state index in [0.717, 1.165) is 36.9 Å². The summed E-state index contributed by atoms with van der Waals surface area (Å²) in [4.78, 5) is 4.56. The van der Waals surface area contributed by atoms with Crippen molar-refractivity contribution in [2.45, 2.75) is 44.7 Å². The molecule has 0 unspecified atom stereocenters. The van der Waals surface area contributed by atoms with Gasteiger partial charge in [0.25, 0.3) is 5.89 Å². The van der Waals surface area contributed by atoms with Gasteiger partial charge in [0.05, 0.1) is 23.8 Å². The average Bonchev–Trinajstić information content (AvgIpc) is 3.31. The van der Waals surface area contributed by atoms with Gasteiger partial charge in [0, 0.05) is 5.69 Å². The molecule has 6 nitrogen and oxygen atoms in total. The second-order valence-electron chi connectivity index (χ2n) is 6.57. The molecule has 1 aliphatic carbocycles. The fraction of sp³-hybridized carbons (Fsp3) is 0.389. The average molecular weight is 323 g/mol. The molecule has 1 aromatic carbocycles. The first-order valence-electron chi connectivity index (χ1n) is 8.35. The summed E-state index contributed by atoms with van der Waals surface area (Å²) in [6, 6.07) is 10.2. The van der Waals surface area contributed by atoms with Crippen LogP contribution in [0.2, 0.25) is 0 Å². The number of hydrogen-bond acceptors (Lipinski definition) is 5. The minimum absolute atomic E-state index is 0.435. The fourth-order valence-corrected chi connectivity index (χ4v) is 3.34. The van der Waals surface area contributed by atoms with Crippen LogP contribution in [0, 0.1) is 6.92 Å². The Kier molecular flexibility index (Phi) is 3.69. The molecule has 0 saturated heterocycles. The molecule has 24 heavy (non-hydrogen) atoms. The van der Waals surface area contributed by atoms with Crippen molar-refractivity contribution in [3.63, 3.8) is 0 Å². The van der Waals surface area contributed by atoms with Crippen molar-refractivity contribution in [1.29, 1.82) is 0 Å². The molecule has 124 valence electrons. The SMILES string of the molecule is Cc1c(-c2nc(C3(N)CCCC3)no2)cnn1Cc1ccccc1. The Labute approximate surface area is 140 Å². The third kappa shape index (κ3) is 2.63. The Hall–Kier alpha value is -2.47. The van der Waals surface area contributed by atoms with E-state index in [2.05, 4.69) is 27.4 Å². The van der Waals surface area contributed by atoms with Gasteiger partial charge in [0.2, 0.25) is 0 Å². The second kappa shape index (κ2) is 5.87. The summed E-state index contributed by atoms with van der Waals surface area (Å²) >= 11 is 0. The number of nitrogens with zero attached hydrogens (tertiary/aromatic N) is 4. The van der Waals surface area contributed by atoms with Gasteiger partial charge in [0.15, 0.2) is 5.82 Å². The molecule has 0 atom stereocenters. The zero-order valence-corrected chi connectivity index (χ0v) is 13.8. The highest BCUT2D eigenvalue weighted by Crippen LogP contribution is 2.35. The van der Waals surface area contributed by atoms with Gasteiger partial charge in [-0.15, -0.1) is 0 Å². The molecule has 1 saturated carbocycles. The summed E-state index contributed by atoms with van der Waals surface area (Å²) < 4.78 is 7.42. The van der Waals surface area contributed by atoms with Gasteiger partial charge >= 0.3 is 0 Å². The summed E-state index contributed by atoms with van der Waals surface area (Å²) in [5.74, 6) is 1.11. The summed E-state index contributed by atoms with van der Waals surface area (Å²) in [5.41, 5.74) is 9.05. The lowest BCUT2D eigenvalue weighted by Crippen LogP contribution is -2.34. The van der Waals surface area contributed by atoms with Gasteiger partial charge in [0.1, 0.15) is 0 Å². The topological polar surface area (TPSA) is 82.8 Å². The Bertz CT molecular complexity index is 830. The zero-order valence-electron chi connectivity index (χ0n) is 13.8. The molecular formula is C18H21N5O. The van der Waals surface area contributed by atoms with Gasteiger partial charge in [-0.2, -0.15) is 10.1 Å². The largest absolute Gasteiger partial charge is 0.334 e. The van der Waals surface area contributed by atoms with E-state index in [9.17, 15) is 0 Å². The van der Waals surface area contributed by atoms with Crippen LogP contribution in [-0.4, -0.2) is 19.9 Å². The fourth-order valence-electron chi connectivity index (χ4n) is 3.34. The van der Waals surface area contributed by atoms with Crippen molar-refractivity contribution >= 4 is 0 Å². The quantitative estimate of drug-likeness (QED) is 0.798. The van der Waals surface area contributed by atoms with E-state index in [-0.39, 0.29) is 0 Å². The van der Waals surface area contributed by atoms with Crippen LogP contribution in [0.1, 0.15) is 42.8 Å². The molecule has 2 aromatic heterocycles. The van der Waals surface area contributed by atoms with Crippen LogP contribution in [0.15, 0.2) is 41.1 Å². The number of benzene rings is 1. The van der Waals surface area contributed by atoms with Crippen molar-refractivity contribution in [2.75, 3.05) is 0 Å². The molecule has 2 heterocycles. The smallest absolute Gasteiger partial charge is 0.261 e. The standard InChI is InChI=1S/C18H21N5O/c1-13-15(11-20-23(13)12-14-7-3-2-4-8-14)16-21-17(22-24-16)18(19)9-5-6-10-18/h2-4,7-8,11H,5-6,9-10,12,19H2,1H3. The minimum Gasteiger partial charge on any atom is -0.334 e. The van der Waals surface area contributed by atoms with Crippen molar-refractivity contribution in [2.24, 2.45) is 5.73 Å². The molecule has 2 N–H and O–H groups in total. The van der Waals surface area contributed by atoms with Gasteiger partial charge in [-0.05, 0) is 25.3 Å². The first-order chi connectivity index (χ1) is 11.7. The molecule has 6 heteroatoms. The molecule has 0 amide bonds. The molecule has 1 fully saturated rings. The minimum atomic E-state index is -0.435. The van der Waals surface area contributed by atoms with Crippen LogP contribution in [0.25, 0.3) is 11.5 Å². The lowest BCUT2D eigenvalue weighted by atomic mass is 9.99. The third-order valence-electron chi connectivity index (χ3n) is 4.88. The Morgan fingerprint density at radius 2 is 1.96 bits per heavy atom. The van der Waals surface area contributed by atoms with E-state index in [1.807, 2.05) is 29.8 Å². The van der Waals surface area contributed by atoms with E-state index in [4.69, 9.17) is 10.3 Å². The highest BCUT2D eigenvalue weighted by molar-refractivity contribution is 5.55. The first kappa shape index (κ1) is 15.1. The van der Waals surface area contributed by atoms with E-state index in [1.54, 1.807) is 6.20 Å². The summed E-state index contributed by atoms with van der Waals surface area (Å²) in [5, 5.41) is 8.60. The molecule has 3 aromatic rings. The van der Waals surface area contributed by atoms with Crippen LogP contribution in [0.5, 0.6) is 0 Å². The number of hydrogen-bond donors (Lipinski definition) is 1. The lowest BCUT2D eigenvalue weighted by molar-refractivity contribution is 0.372. The Morgan fingerprint density at radius 1 is 1.21 bits per heavy atom. The molecule has 0 bridgehead atoms. The van der Waals surface area contributed by atoms with Gasteiger partial charge in [-0.25, -0.2) is 0 Å². The first-order valence-corrected chi connectivity index (χ1v) is 8.35. The third-order valence-corrected chi connectivity index (χ3v) is 4.88. The Morgan fingerprint density at radius 3 is 2.71 bits per heavy atom. The predicted molar refractivity (Wildman–Crippen MR) is 90.1 cm³/mol. The van der Waals surface area contributed by atoms with Crippen LogP contribution < -0.4 is 5.73 Å². The number of rotatable bonds is 4. The van der Waals surface area contributed by atoms with Gasteiger partial charge < -0.3 is 10.3 Å². The maximum absolute atomic E-state index is 6.41. The molecule has 0 radical (unpaired) electrons. The van der Waals surface area contributed by atoms with Crippen LogP contribution >= 0.6 is 0 Å². The zero-order chi connectivity index (χ0) is 16.6. The number of aromatic nitrogens is 4. The van der Waals surface area contributed by atoms with Crippen LogP contribution in [0.3, 0.4) is 0 Å². The summed E-state index contributed by atoms with van der Waals surface area (Å²) in [6.07, 6.45) is 5.85. The van der Waals surface area contributed by atoms with Crippen LogP contribution in [-0.2, 0) is 12.1 Å². The van der Waals surface area contributed by atoms with Crippen molar-refractivity contribution in [3.8, 4) is 11.5 Å². The predicted octanol–water partition coefficient (Wildman–Crippen LogP) is 3.02. The summed E-state index contributed by atoms with van der Waals surface area (Å²) in [7, 11) is 0. The normalized spacial score (nSPS) is 16.6. The lowest BCUT2D eigenvalue weighted by Gasteiger charge is -2.17. The van der Waals surface area contributed by atoms with Crippen molar-refractivity contribution < 1.29 is 4.52 Å². The van der Waals surface area contributed by atoms with Gasteiger partial charge in [-0.3, -0.25) is 4.68 Å². The van der Waals surface area contributed by atoms with Crippen LogP contribution in [0.4, 0.5) is 0 Å². The van der Waals surface area contributed by atoms with E-state index in [1.165, 1.54) is 5.56 Å². The molecule has 1 aliphatic rings. The monoisotopic (exact) mass is 323 g/mol.